The van der Waals surface area contributed by atoms with Crippen LogP contribution in [-0.4, -0.2) is 37.5 Å². The SMILES string of the molecule is O=S(=O)(c1ccc(F)cc1F)N1CCCC(CCO)C1. The van der Waals surface area contributed by atoms with Crippen molar-refractivity contribution in [3.63, 3.8) is 0 Å². The molecule has 1 saturated heterocycles. The first kappa shape index (κ1) is 15.3. The van der Waals surface area contributed by atoms with E-state index < -0.39 is 26.6 Å². The Bertz CT molecular complexity index is 575. The van der Waals surface area contributed by atoms with E-state index in [1.807, 2.05) is 0 Å². The minimum Gasteiger partial charge on any atom is -0.396 e. The van der Waals surface area contributed by atoms with Crippen LogP contribution in [0.4, 0.5) is 8.78 Å². The van der Waals surface area contributed by atoms with E-state index in [2.05, 4.69) is 0 Å². The fourth-order valence-corrected chi connectivity index (χ4v) is 4.09. The molecular weight excluding hydrogens is 288 g/mol. The van der Waals surface area contributed by atoms with Crippen molar-refractivity contribution in [2.75, 3.05) is 19.7 Å². The number of hydrogen-bond acceptors (Lipinski definition) is 3. The highest BCUT2D eigenvalue weighted by molar-refractivity contribution is 7.89. The summed E-state index contributed by atoms with van der Waals surface area (Å²) in [5, 5.41) is 8.93. The molecule has 0 aromatic heterocycles. The van der Waals surface area contributed by atoms with Crippen LogP contribution in [-0.2, 0) is 10.0 Å². The number of aliphatic hydroxyl groups is 1. The van der Waals surface area contributed by atoms with Gasteiger partial charge in [0.25, 0.3) is 0 Å². The van der Waals surface area contributed by atoms with Gasteiger partial charge in [-0.2, -0.15) is 4.31 Å². The minimum absolute atomic E-state index is 0.00344. The normalized spacial score (nSPS) is 21.1. The molecule has 1 aliphatic rings. The topological polar surface area (TPSA) is 57.6 Å². The molecule has 0 bridgehead atoms. The van der Waals surface area contributed by atoms with Crippen molar-refractivity contribution in [3.05, 3.63) is 29.8 Å². The fourth-order valence-electron chi connectivity index (χ4n) is 2.49. The van der Waals surface area contributed by atoms with Crippen LogP contribution in [0, 0.1) is 17.6 Å². The van der Waals surface area contributed by atoms with Gasteiger partial charge in [-0.1, -0.05) is 0 Å². The van der Waals surface area contributed by atoms with Crippen LogP contribution < -0.4 is 0 Å². The zero-order valence-electron chi connectivity index (χ0n) is 10.9. The van der Waals surface area contributed by atoms with Crippen molar-refractivity contribution >= 4 is 10.0 Å². The minimum atomic E-state index is -3.95. The quantitative estimate of drug-likeness (QED) is 0.922. The van der Waals surface area contributed by atoms with Crippen LogP contribution in [0.5, 0.6) is 0 Å². The molecule has 1 heterocycles. The van der Waals surface area contributed by atoms with Crippen LogP contribution in [0.25, 0.3) is 0 Å². The third kappa shape index (κ3) is 3.16. The van der Waals surface area contributed by atoms with Gasteiger partial charge in [-0.15, -0.1) is 0 Å². The van der Waals surface area contributed by atoms with E-state index in [-0.39, 0.29) is 19.1 Å². The van der Waals surface area contributed by atoms with Crippen molar-refractivity contribution in [3.8, 4) is 0 Å². The lowest BCUT2D eigenvalue weighted by Gasteiger charge is -2.31. The lowest BCUT2D eigenvalue weighted by Crippen LogP contribution is -2.40. The van der Waals surface area contributed by atoms with Crippen molar-refractivity contribution in [2.45, 2.75) is 24.2 Å². The second kappa shape index (κ2) is 6.15. The highest BCUT2D eigenvalue weighted by Crippen LogP contribution is 2.26. The predicted octanol–water partition coefficient (Wildman–Crippen LogP) is 1.75. The van der Waals surface area contributed by atoms with E-state index in [4.69, 9.17) is 5.11 Å². The molecule has 112 valence electrons. The molecule has 0 amide bonds. The highest BCUT2D eigenvalue weighted by Gasteiger charge is 2.31. The number of benzene rings is 1. The Morgan fingerprint density at radius 2 is 2.10 bits per heavy atom. The van der Waals surface area contributed by atoms with E-state index in [1.165, 1.54) is 4.31 Å². The first-order chi connectivity index (χ1) is 9.45. The maximum atomic E-state index is 13.7. The molecule has 0 radical (unpaired) electrons. The van der Waals surface area contributed by atoms with Gasteiger partial charge in [0.2, 0.25) is 10.0 Å². The molecule has 1 N–H and O–H groups in total. The Morgan fingerprint density at radius 1 is 1.35 bits per heavy atom. The Labute approximate surface area is 117 Å². The van der Waals surface area contributed by atoms with Gasteiger partial charge in [-0.05, 0) is 37.3 Å². The average Bonchev–Trinajstić information content (AvgIpc) is 2.39. The predicted molar refractivity (Wildman–Crippen MR) is 69.5 cm³/mol. The van der Waals surface area contributed by atoms with Gasteiger partial charge in [0.05, 0.1) is 0 Å². The van der Waals surface area contributed by atoms with E-state index in [0.29, 0.717) is 25.5 Å². The summed E-state index contributed by atoms with van der Waals surface area (Å²) in [5.41, 5.74) is 0. The van der Waals surface area contributed by atoms with E-state index in [1.54, 1.807) is 0 Å². The summed E-state index contributed by atoms with van der Waals surface area (Å²) >= 11 is 0. The molecule has 20 heavy (non-hydrogen) atoms. The van der Waals surface area contributed by atoms with Gasteiger partial charge in [0, 0.05) is 25.8 Å². The molecule has 2 rings (SSSR count). The Kier molecular flexibility index (Phi) is 4.72. The number of hydrogen-bond donors (Lipinski definition) is 1. The molecule has 1 aliphatic heterocycles. The second-order valence-electron chi connectivity index (χ2n) is 4.96. The largest absolute Gasteiger partial charge is 0.396 e. The molecule has 4 nitrogen and oxygen atoms in total. The lowest BCUT2D eigenvalue weighted by atomic mass is 9.97. The molecule has 1 fully saturated rings. The third-order valence-corrected chi connectivity index (χ3v) is 5.43. The average molecular weight is 305 g/mol. The maximum Gasteiger partial charge on any atom is 0.245 e. The third-order valence-electron chi connectivity index (χ3n) is 3.53. The van der Waals surface area contributed by atoms with Crippen LogP contribution in [0.15, 0.2) is 23.1 Å². The first-order valence-corrected chi connectivity index (χ1v) is 7.95. The standard InChI is InChI=1S/C13H17F2NO3S/c14-11-3-4-13(12(15)8-11)20(18,19)16-6-1-2-10(9-16)5-7-17/h3-4,8,10,17H,1-2,5-7,9H2. The van der Waals surface area contributed by atoms with Crippen LogP contribution in [0.3, 0.4) is 0 Å². The number of rotatable bonds is 4. The van der Waals surface area contributed by atoms with Crippen LogP contribution >= 0.6 is 0 Å². The van der Waals surface area contributed by atoms with Gasteiger partial charge < -0.3 is 5.11 Å². The lowest BCUT2D eigenvalue weighted by molar-refractivity contribution is 0.202. The maximum absolute atomic E-state index is 13.7. The van der Waals surface area contributed by atoms with Gasteiger partial charge in [-0.3, -0.25) is 0 Å². The van der Waals surface area contributed by atoms with Gasteiger partial charge in [0.1, 0.15) is 16.5 Å². The highest BCUT2D eigenvalue weighted by atomic mass is 32.2. The van der Waals surface area contributed by atoms with Crippen molar-refractivity contribution in [1.29, 1.82) is 0 Å². The van der Waals surface area contributed by atoms with E-state index in [0.717, 1.165) is 18.6 Å². The van der Waals surface area contributed by atoms with Crippen LogP contribution in [0.1, 0.15) is 19.3 Å². The van der Waals surface area contributed by atoms with Gasteiger partial charge >= 0.3 is 0 Å². The number of sulfonamides is 1. The Hall–Kier alpha value is -1.05. The molecule has 1 atom stereocenters. The molecule has 1 unspecified atom stereocenters. The molecule has 0 spiro atoms. The Morgan fingerprint density at radius 3 is 2.75 bits per heavy atom. The molecule has 1 aromatic carbocycles. The van der Waals surface area contributed by atoms with Crippen LogP contribution in [0.2, 0.25) is 0 Å². The summed E-state index contributed by atoms with van der Waals surface area (Å²) < 4.78 is 52.5. The molecule has 0 saturated carbocycles. The summed E-state index contributed by atoms with van der Waals surface area (Å²) in [6.45, 7) is 0.588. The first-order valence-electron chi connectivity index (χ1n) is 6.51. The summed E-state index contributed by atoms with van der Waals surface area (Å²) in [5.74, 6) is -1.81. The number of nitrogens with zero attached hydrogens (tertiary/aromatic N) is 1. The van der Waals surface area contributed by atoms with E-state index in [9.17, 15) is 17.2 Å². The van der Waals surface area contributed by atoms with Crippen molar-refractivity contribution in [2.24, 2.45) is 5.92 Å². The van der Waals surface area contributed by atoms with E-state index >= 15 is 0 Å². The molecule has 0 aliphatic carbocycles. The number of aliphatic hydroxyl groups excluding tert-OH is 1. The molecule has 7 heteroatoms. The summed E-state index contributed by atoms with van der Waals surface area (Å²) in [4.78, 5) is -0.497. The Balaban J connectivity index is 2.25. The molecular formula is C13H17F2NO3S. The van der Waals surface area contributed by atoms with Crippen molar-refractivity contribution < 1.29 is 22.3 Å². The zero-order chi connectivity index (χ0) is 14.8. The van der Waals surface area contributed by atoms with Gasteiger partial charge in [-0.25, -0.2) is 17.2 Å². The molecule has 1 aromatic rings. The zero-order valence-corrected chi connectivity index (χ0v) is 11.7. The van der Waals surface area contributed by atoms with Gasteiger partial charge in [0.15, 0.2) is 0 Å². The summed E-state index contributed by atoms with van der Waals surface area (Å²) in [7, 11) is -3.95. The summed E-state index contributed by atoms with van der Waals surface area (Å²) in [6, 6.07) is 2.46. The monoisotopic (exact) mass is 305 g/mol. The number of piperidine rings is 1. The second-order valence-corrected chi connectivity index (χ2v) is 6.86. The number of halogens is 2. The summed E-state index contributed by atoms with van der Waals surface area (Å²) in [6.07, 6.45) is 2.04. The van der Waals surface area contributed by atoms with Crippen molar-refractivity contribution in [1.82, 2.24) is 4.31 Å². The smallest absolute Gasteiger partial charge is 0.245 e. The fraction of sp³-hybridized carbons (Fsp3) is 0.538.